The first-order valence-corrected chi connectivity index (χ1v) is 13.2. The lowest BCUT2D eigenvalue weighted by molar-refractivity contribution is -0.159. The maximum Gasteiger partial charge on any atom is 0.336 e. The number of cyclic esters (lactones) is 1. The number of aliphatic hydroxyl groups excluding tert-OH is 2. The van der Waals surface area contributed by atoms with Crippen molar-refractivity contribution in [1.29, 1.82) is 0 Å². The number of ether oxygens (including phenoxy) is 2. The molecule has 6 aliphatic rings. The first-order chi connectivity index (χ1) is 16.1. The molecule has 6 nitrogen and oxygen atoms in total. The fraction of sp³-hybridized carbons (Fsp3) is 0.786. The molecule has 186 valence electrons. The van der Waals surface area contributed by atoms with Crippen molar-refractivity contribution in [2.75, 3.05) is 6.61 Å². The molecule has 0 radical (unpaired) electrons. The number of aliphatic hydroxyl groups is 2. The van der Waals surface area contributed by atoms with Gasteiger partial charge in [-0.3, -0.25) is 4.79 Å². The number of fused-ring (bicyclic) bond motifs is 4. The second-order valence-corrected chi connectivity index (χ2v) is 12.5. The van der Waals surface area contributed by atoms with Gasteiger partial charge in [0, 0.05) is 6.42 Å². The fourth-order valence-corrected chi connectivity index (χ4v) is 9.60. The van der Waals surface area contributed by atoms with Gasteiger partial charge in [-0.25, -0.2) is 4.79 Å². The Morgan fingerprint density at radius 1 is 1.18 bits per heavy atom. The summed E-state index contributed by atoms with van der Waals surface area (Å²) in [5, 5.41) is 21.1. The van der Waals surface area contributed by atoms with E-state index < -0.39 is 17.1 Å². The number of carbonyl (C=O) groups is 2. The van der Waals surface area contributed by atoms with E-state index in [0.29, 0.717) is 23.8 Å². The van der Waals surface area contributed by atoms with Gasteiger partial charge in [0.05, 0.1) is 23.7 Å². The van der Waals surface area contributed by atoms with Crippen molar-refractivity contribution >= 4 is 11.8 Å². The van der Waals surface area contributed by atoms with E-state index in [1.807, 2.05) is 13.0 Å². The van der Waals surface area contributed by atoms with E-state index >= 15 is 0 Å². The summed E-state index contributed by atoms with van der Waals surface area (Å²) in [6, 6.07) is 0. The molecule has 3 saturated carbocycles. The Morgan fingerprint density at radius 2 is 1.94 bits per heavy atom. The van der Waals surface area contributed by atoms with E-state index in [0.717, 1.165) is 37.7 Å². The van der Waals surface area contributed by atoms with Gasteiger partial charge in [-0.2, -0.15) is 0 Å². The van der Waals surface area contributed by atoms with Crippen molar-refractivity contribution in [3.8, 4) is 0 Å². The molecule has 0 aromatic carbocycles. The van der Waals surface area contributed by atoms with Crippen LogP contribution >= 0.6 is 0 Å². The van der Waals surface area contributed by atoms with E-state index in [1.165, 1.54) is 0 Å². The molecule has 4 fully saturated rings. The van der Waals surface area contributed by atoms with Crippen LogP contribution in [0.15, 0.2) is 23.3 Å². The third-order valence-electron chi connectivity index (χ3n) is 11.6. The quantitative estimate of drug-likeness (QED) is 0.485. The van der Waals surface area contributed by atoms with E-state index in [9.17, 15) is 19.8 Å². The second kappa shape index (κ2) is 7.27. The monoisotopic (exact) mass is 470 g/mol. The third-order valence-corrected chi connectivity index (χ3v) is 11.6. The average molecular weight is 471 g/mol. The van der Waals surface area contributed by atoms with E-state index in [1.54, 1.807) is 6.08 Å². The lowest BCUT2D eigenvalue weighted by atomic mass is 9.44. The molecule has 11 atom stereocenters. The second-order valence-electron chi connectivity index (χ2n) is 12.5. The standard InChI is InChI=1S/C28H38O6/c1-14-12-20(33-25(32)16(14)13-29)15(2)17-7-8-18-22-19(9-11-26(17,18)3)27(4)21(30)6-5-10-28(27)24(34-28)23(22)31/h5-6,15,17-20,22-24,29,31H,7-13H2,1-4H3/t15-,17?,18?,19?,20?,22?,23?,24?,26+,27-,28?/m0/s1. The van der Waals surface area contributed by atoms with Gasteiger partial charge in [-0.05, 0) is 87.0 Å². The number of carbonyl (C=O) groups excluding carboxylic acids is 2. The smallest absolute Gasteiger partial charge is 0.336 e. The highest BCUT2D eigenvalue weighted by Gasteiger charge is 2.80. The number of ketones is 1. The lowest BCUT2D eigenvalue weighted by Crippen LogP contribution is -2.64. The van der Waals surface area contributed by atoms with E-state index in [4.69, 9.17) is 9.47 Å². The van der Waals surface area contributed by atoms with Gasteiger partial charge < -0.3 is 19.7 Å². The van der Waals surface area contributed by atoms with Gasteiger partial charge in [0.1, 0.15) is 17.8 Å². The highest BCUT2D eigenvalue weighted by molar-refractivity contribution is 5.98. The van der Waals surface area contributed by atoms with Gasteiger partial charge in [-0.15, -0.1) is 0 Å². The Bertz CT molecular complexity index is 999. The average Bonchev–Trinajstić information content (AvgIpc) is 3.43. The number of epoxide rings is 1. The van der Waals surface area contributed by atoms with Gasteiger partial charge in [0.2, 0.25) is 0 Å². The molecule has 0 aromatic rings. The molecular formula is C28H38O6. The first-order valence-electron chi connectivity index (χ1n) is 13.2. The Morgan fingerprint density at radius 3 is 2.65 bits per heavy atom. The molecule has 1 saturated heterocycles. The molecule has 6 heteroatoms. The molecule has 34 heavy (non-hydrogen) atoms. The molecule has 2 heterocycles. The number of rotatable bonds is 3. The van der Waals surface area contributed by atoms with E-state index in [2.05, 4.69) is 20.8 Å². The van der Waals surface area contributed by atoms with Crippen LogP contribution in [-0.4, -0.2) is 52.5 Å². The summed E-state index contributed by atoms with van der Waals surface area (Å²) in [4.78, 5) is 25.8. The van der Waals surface area contributed by atoms with Crippen LogP contribution in [0.2, 0.25) is 0 Å². The predicted molar refractivity (Wildman–Crippen MR) is 124 cm³/mol. The zero-order chi connectivity index (χ0) is 24.2. The SMILES string of the molecule is CC1=C(CO)C(=O)OC([C@@H](C)C2CCC3C4C(O)C5OC56CC=CC(=O)[C@]6(C)C4CC[C@@]32C)C1. The maximum atomic E-state index is 13.3. The lowest BCUT2D eigenvalue weighted by Gasteiger charge is -2.59. The van der Waals surface area contributed by atoms with Gasteiger partial charge in [0.25, 0.3) is 0 Å². The molecule has 8 unspecified atom stereocenters. The summed E-state index contributed by atoms with van der Waals surface area (Å²) in [7, 11) is 0. The van der Waals surface area contributed by atoms with Crippen molar-refractivity contribution < 1.29 is 29.3 Å². The normalized spacial score (nSPS) is 52.4. The Kier molecular flexibility index (Phi) is 4.90. The van der Waals surface area contributed by atoms with Crippen molar-refractivity contribution in [2.45, 2.75) is 90.1 Å². The summed E-state index contributed by atoms with van der Waals surface area (Å²) in [6.07, 6.45) is 8.14. The zero-order valence-corrected chi connectivity index (χ0v) is 20.8. The fourth-order valence-electron chi connectivity index (χ4n) is 9.60. The Labute approximate surface area is 201 Å². The molecule has 6 rings (SSSR count). The van der Waals surface area contributed by atoms with Crippen LogP contribution in [0.25, 0.3) is 0 Å². The highest BCUT2D eigenvalue weighted by Crippen LogP contribution is 2.73. The summed E-state index contributed by atoms with van der Waals surface area (Å²) in [5.41, 5.74) is 0.297. The minimum absolute atomic E-state index is 0.0294. The van der Waals surface area contributed by atoms with Crippen LogP contribution in [0.4, 0.5) is 0 Å². The number of hydrogen-bond acceptors (Lipinski definition) is 6. The summed E-state index contributed by atoms with van der Waals surface area (Å²) in [6.45, 7) is 8.35. The maximum absolute atomic E-state index is 13.3. The predicted octanol–water partition coefficient (Wildman–Crippen LogP) is 3.35. The van der Waals surface area contributed by atoms with Crippen LogP contribution in [0, 0.1) is 40.4 Å². The molecular weight excluding hydrogens is 432 g/mol. The van der Waals surface area contributed by atoms with Gasteiger partial charge in [0.15, 0.2) is 5.78 Å². The van der Waals surface area contributed by atoms with Crippen LogP contribution in [0.5, 0.6) is 0 Å². The number of allylic oxidation sites excluding steroid dienone is 1. The third kappa shape index (κ3) is 2.63. The van der Waals surface area contributed by atoms with E-state index in [-0.39, 0.29) is 53.7 Å². The molecule has 0 amide bonds. The summed E-state index contributed by atoms with van der Waals surface area (Å²) >= 11 is 0. The number of esters is 1. The van der Waals surface area contributed by atoms with Gasteiger partial charge >= 0.3 is 5.97 Å². The molecule has 4 aliphatic carbocycles. The van der Waals surface area contributed by atoms with Gasteiger partial charge in [-0.1, -0.05) is 25.5 Å². The van der Waals surface area contributed by atoms with Crippen molar-refractivity contribution in [3.63, 3.8) is 0 Å². The number of hydrogen-bond donors (Lipinski definition) is 2. The summed E-state index contributed by atoms with van der Waals surface area (Å²) in [5.74, 6) is 0.893. The van der Waals surface area contributed by atoms with Crippen LogP contribution in [0.1, 0.15) is 66.2 Å². The summed E-state index contributed by atoms with van der Waals surface area (Å²) < 4.78 is 12.1. The van der Waals surface area contributed by atoms with Crippen molar-refractivity contribution in [3.05, 3.63) is 23.3 Å². The molecule has 1 spiro atoms. The van der Waals surface area contributed by atoms with Crippen LogP contribution in [0.3, 0.4) is 0 Å². The minimum atomic E-state index is -0.553. The first kappa shape index (κ1) is 22.9. The Hall–Kier alpha value is -1.50. The van der Waals surface area contributed by atoms with Crippen LogP contribution < -0.4 is 0 Å². The topological polar surface area (TPSA) is 96.4 Å². The molecule has 2 aliphatic heterocycles. The zero-order valence-electron chi connectivity index (χ0n) is 20.8. The highest BCUT2D eigenvalue weighted by atomic mass is 16.6. The minimum Gasteiger partial charge on any atom is -0.458 e. The molecule has 2 N–H and O–H groups in total. The molecule has 0 bridgehead atoms. The van der Waals surface area contributed by atoms with Crippen molar-refractivity contribution in [1.82, 2.24) is 0 Å². The van der Waals surface area contributed by atoms with Crippen molar-refractivity contribution in [2.24, 2.45) is 40.4 Å². The Balaban J connectivity index is 1.29. The largest absolute Gasteiger partial charge is 0.458 e. The van der Waals surface area contributed by atoms with Crippen LogP contribution in [-0.2, 0) is 19.1 Å². The molecule has 0 aromatic heterocycles.